The molecule has 0 spiro atoms. The summed E-state index contributed by atoms with van der Waals surface area (Å²) in [6, 6.07) is 4.73. The second-order valence-corrected chi connectivity index (χ2v) is 6.42. The molecule has 1 unspecified atom stereocenters. The van der Waals surface area contributed by atoms with Crippen LogP contribution in [0.5, 0.6) is 0 Å². The molecule has 5 heteroatoms. The number of hydrogen-bond acceptors (Lipinski definition) is 4. The lowest BCUT2D eigenvalue weighted by atomic mass is 9.93. The largest absolute Gasteiger partial charge is 0.459 e. The first-order chi connectivity index (χ1) is 8.78. The van der Waals surface area contributed by atoms with Gasteiger partial charge in [-0.2, -0.15) is 0 Å². The van der Waals surface area contributed by atoms with Crippen molar-refractivity contribution in [1.29, 1.82) is 0 Å². The van der Waals surface area contributed by atoms with Crippen LogP contribution in [0.3, 0.4) is 0 Å². The summed E-state index contributed by atoms with van der Waals surface area (Å²) in [6.07, 6.45) is 0. The highest BCUT2D eigenvalue weighted by Gasteiger charge is 2.33. The first-order valence-electron chi connectivity index (χ1n) is 6.07. The number of ketones is 1. The zero-order valence-corrected chi connectivity index (χ0v) is 12.7. The van der Waals surface area contributed by atoms with Gasteiger partial charge in [0, 0.05) is 10.0 Å². The molecule has 2 rings (SSSR count). The monoisotopic (exact) mass is 325 g/mol. The highest BCUT2D eigenvalue weighted by molar-refractivity contribution is 9.10. The Morgan fingerprint density at radius 2 is 2.11 bits per heavy atom. The minimum atomic E-state index is -0.593. The lowest BCUT2D eigenvalue weighted by Gasteiger charge is -2.28. The van der Waals surface area contributed by atoms with Gasteiger partial charge in [0.1, 0.15) is 11.6 Å². The molecule has 1 atom stereocenters. The number of hydrogen-bond donors (Lipinski definition) is 1. The van der Waals surface area contributed by atoms with Crippen LogP contribution in [0.4, 0.5) is 0 Å². The lowest BCUT2D eigenvalue weighted by Crippen LogP contribution is -2.41. The Morgan fingerprint density at radius 1 is 1.42 bits per heavy atom. The normalized spacial score (nSPS) is 18.9. The van der Waals surface area contributed by atoms with Crippen LogP contribution in [0.25, 0.3) is 0 Å². The number of carbonyl (C=O) groups is 2. The maximum atomic E-state index is 12.2. The van der Waals surface area contributed by atoms with Gasteiger partial charge in [0.05, 0.1) is 6.54 Å². The summed E-state index contributed by atoms with van der Waals surface area (Å²) in [7, 11) is 0. The zero-order chi connectivity index (χ0) is 14.2. The minimum Gasteiger partial charge on any atom is -0.459 e. The van der Waals surface area contributed by atoms with Crippen molar-refractivity contribution in [3.05, 3.63) is 33.8 Å². The Morgan fingerprint density at radius 3 is 2.74 bits per heavy atom. The molecule has 0 saturated carbocycles. The molecule has 19 heavy (non-hydrogen) atoms. The number of Topliss-reactive ketones (excluding diaryl/α,β-unsaturated/α-hetero) is 1. The summed E-state index contributed by atoms with van der Waals surface area (Å²) in [5.74, 6) is -0.373. The van der Waals surface area contributed by atoms with E-state index in [4.69, 9.17) is 4.74 Å². The van der Waals surface area contributed by atoms with Crippen molar-refractivity contribution in [1.82, 2.24) is 5.32 Å². The summed E-state index contributed by atoms with van der Waals surface area (Å²) in [6.45, 7) is 5.61. The molecule has 1 N–H and O–H groups in total. The van der Waals surface area contributed by atoms with Crippen LogP contribution in [0, 0.1) is 0 Å². The zero-order valence-electron chi connectivity index (χ0n) is 11.1. The predicted molar refractivity (Wildman–Crippen MR) is 75.1 cm³/mol. The van der Waals surface area contributed by atoms with E-state index in [0.29, 0.717) is 11.1 Å². The fraction of sp³-hybridized carbons (Fsp3) is 0.429. The van der Waals surface area contributed by atoms with Crippen LogP contribution < -0.4 is 5.32 Å². The van der Waals surface area contributed by atoms with Gasteiger partial charge in [-0.05, 0) is 44.5 Å². The van der Waals surface area contributed by atoms with Gasteiger partial charge in [-0.1, -0.05) is 15.9 Å². The molecular weight excluding hydrogens is 310 g/mol. The Bertz CT molecular complexity index is 534. The molecule has 1 aromatic carbocycles. The summed E-state index contributed by atoms with van der Waals surface area (Å²) < 4.78 is 6.21. The molecule has 0 aliphatic carbocycles. The van der Waals surface area contributed by atoms with Gasteiger partial charge in [0.15, 0.2) is 5.78 Å². The van der Waals surface area contributed by atoms with Crippen LogP contribution >= 0.6 is 15.9 Å². The van der Waals surface area contributed by atoms with E-state index in [1.54, 1.807) is 18.2 Å². The number of ether oxygens (including phenoxy) is 1. The van der Waals surface area contributed by atoms with E-state index in [-0.39, 0.29) is 18.3 Å². The number of carbonyl (C=O) groups excluding carboxylic acids is 2. The van der Waals surface area contributed by atoms with Gasteiger partial charge >= 0.3 is 5.97 Å². The van der Waals surface area contributed by atoms with Crippen LogP contribution in [0.1, 0.15) is 42.7 Å². The van der Waals surface area contributed by atoms with Gasteiger partial charge in [-0.25, -0.2) is 4.79 Å². The van der Waals surface area contributed by atoms with Crippen LogP contribution in [-0.2, 0) is 9.53 Å². The number of benzene rings is 1. The number of rotatable bonds is 1. The summed E-state index contributed by atoms with van der Waals surface area (Å²) >= 11 is 3.36. The first-order valence-corrected chi connectivity index (χ1v) is 6.86. The predicted octanol–water partition coefficient (Wildman–Crippen LogP) is 2.62. The van der Waals surface area contributed by atoms with E-state index in [2.05, 4.69) is 21.2 Å². The van der Waals surface area contributed by atoms with E-state index < -0.39 is 11.6 Å². The Kier molecular flexibility index (Phi) is 3.78. The van der Waals surface area contributed by atoms with Crippen molar-refractivity contribution in [2.75, 3.05) is 6.54 Å². The topological polar surface area (TPSA) is 55.4 Å². The SMILES string of the molecule is CC(C)(C)OC(=O)C1NCC(=O)c2ccc(Br)cc21. The fourth-order valence-electron chi connectivity index (χ4n) is 2.00. The third kappa shape index (κ3) is 3.22. The number of nitrogens with one attached hydrogen (secondary N) is 1. The second kappa shape index (κ2) is 5.06. The summed E-state index contributed by atoms with van der Waals surface area (Å²) in [5, 5.41) is 2.93. The number of esters is 1. The highest BCUT2D eigenvalue weighted by atomic mass is 79.9. The lowest BCUT2D eigenvalue weighted by molar-refractivity contribution is -0.157. The Labute approximate surface area is 120 Å². The molecule has 0 saturated heterocycles. The second-order valence-electron chi connectivity index (χ2n) is 5.50. The standard InChI is InChI=1S/C14H16BrNO3/c1-14(2,3)19-13(18)12-10-6-8(15)4-5-9(10)11(17)7-16-12/h4-6,12,16H,7H2,1-3H3. The van der Waals surface area contributed by atoms with E-state index >= 15 is 0 Å². The van der Waals surface area contributed by atoms with Crippen LogP contribution in [0.15, 0.2) is 22.7 Å². The quantitative estimate of drug-likeness (QED) is 0.806. The minimum absolute atomic E-state index is 0.0118. The smallest absolute Gasteiger partial charge is 0.328 e. The number of fused-ring (bicyclic) bond motifs is 1. The average Bonchev–Trinajstić information content (AvgIpc) is 2.26. The van der Waals surface area contributed by atoms with E-state index in [9.17, 15) is 9.59 Å². The van der Waals surface area contributed by atoms with Gasteiger partial charge in [0.25, 0.3) is 0 Å². The van der Waals surface area contributed by atoms with Gasteiger partial charge in [0.2, 0.25) is 0 Å². The summed E-state index contributed by atoms with van der Waals surface area (Å²) in [4.78, 5) is 24.0. The molecule has 102 valence electrons. The van der Waals surface area contributed by atoms with Crippen molar-refractivity contribution in [3.8, 4) is 0 Å². The third-order valence-corrected chi connectivity index (χ3v) is 3.23. The average molecular weight is 326 g/mol. The maximum Gasteiger partial charge on any atom is 0.328 e. The van der Waals surface area contributed by atoms with Gasteiger partial charge in [-0.15, -0.1) is 0 Å². The molecule has 0 bridgehead atoms. The van der Waals surface area contributed by atoms with Gasteiger partial charge in [-0.3, -0.25) is 10.1 Å². The molecule has 0 radical (unpaired) electrons. The van der Waals surface area contributed by atoms with Crippen molar-refractivity contribution < 1.29 is 14.3 Å². The fourth-order valence-corrected chi connectivity index (χ4v) is 2.38. The maximum absolute atomic E-state index is 12.2. The molecular formula is C14H16BrNO3. The molecule has 0 amide bonds. The molecule has 0 aromatic heterocycles. The van der Waals surface area contributed by atoms with Crippen LogP contribution in [-0.4, -0.2) is 23.9 Å². The molecule has 4 nitrogen and oxygen atoms in total. The molecule has 1 heterocycles. The third-order valence-electron chi connectivity index (χ3n) is 2.73. The van der Waals surface area contributed by atoms with Crippen molar-refractivity contribution in [2.24, 2.45) is 0 Å². The van der Waals surface area contributed by atoms with Crippen molar-refractivity contribution >= 4 is 27.7 Å². The van der Waals surface area contributed by atoms with E-state index in [0.717, 1.165) is 4.47 Å². The highest BCUT2D eigenvalue weighted by Crippen LogP contribution is 2.28. The number of halogens is 1. The molecule has 1 aliphatic heterocycles. The molecule has 1 aliphatic rings. The molecule has 1 aromatic rings. The van der Waals surface area contributed by atoms with Gasteiger partial charge < -0.3 is 4.74 Å². The Balaban J connectivity index is 2.35. The van der Waals surface area contributed by atoms with E-state index in [1.807, 2.05) is 20.8 Å². The Hall–Kier alpha value is -1.20. The summed E-state index contributed by atoms with van der Waals surface area (Å²) in [5.41, 5.74) is 0.699. The van der Waals surface area contributed by atoms with Crippen LogP contribution in [0.2, 0.25) is 0 Å². The van der Waals surface area contributed by atoms with Crippen molar-refractivity contribution in [2.45, 2.75) is 32.4 Å². The van der Waals surface area contributed by atoms with E-state index in [1.165, 1.54) is 0 Å². The van der Waals surface area contributed by atoms with Crippen molar-refractivity contribution in [3.63, 3.8) is 0 Å². The first kappa shape index (κ1) is 14.2. The molecule has 0 fully saturated rings.